The third kappa shape index (κ3) is 5.46. The average Bonchev–Trinajstić information content (AvgIpc) is 3.24. The molecule has 0 saturated heterocycles. The molecule has 1 aliphatic rings. The molecule has 1 aromatic heterocycles. The molecule has 2 amide bonds. The van der Waals surface area contributed by atoms with Crippen molar-refractivity contribution in [2.75, 3.05) is 33.7 Å². The van der Waals surface area contributed by atoms with Crippen LogP contribution in [0.4, 0.5) is 4.39 Å². The number of amides is 2. The molecule has 2 heterocycles. The quantitative estimate of drug-likeness (QED) is 0.531. The van der Waals surface area contributed by atoms with Gasteiger partial charge in [-0.2, -0.15) is 5.10 Å². The molecule has 2 aromatic carbocycles. The maximum absolute atomic E-state index is 13.5. The van der Waals surface area contributed by atoms with E-state index in [1.807, 2.05) is 49.3 Å². The minimum absolute atomic E-state index is 0.202. The molecule has 1 aliphatic heterocycles. The smallest absolute Gasteiger partial charge is 0.274 e. The summed E-state index contributed by atoms with van der Waals surface area (Å²) in [6.07, 6.45) is 0. The lowest BCUT2D eigenvalue weighted by molar-refractivity contribution is 0.0679. The lowest BCUT2D eigenvalue weighted by Crippen LogP contribution is -2.39. The molecule has 0 radical (unpaired) electrons. The van der Waals surface area contributed by atoms with Crippen LogP contribution in [-0.4, -0.2) is 70.0 Å². The predicted molar refractivity (Wildman–Crippen MR) is 123 cm³/mol. The van der Waals surface area contributed by atoms with E-state index < -0.39 is 0 Å². The van der Waals surface area contributed by atoms with Gasteiger partial charge in [0.1, 0.15) is 11.5 Å². The Hall–Kier alpha value is -3.52. The van der Waals surface area contributed by atoms with E-state index in [-0.39, 0.29) is 23.3 Å². The normalized spacial score (nSPS) is 13.3. The van der Waals surface area contributed by atoms with Gasteiger partial charge in [0.25, 0.3) is 11.8 Å². The van der Waals surface area contributed by atoms with E-state index >= 15 is 0 Å². The summed E-state index contributed by atoms with van der Waals surface area (Å²) in [4.78, 5) is 31.9. The molecule has 3 aromatic rings. The van der Waals surface area contributed by atoms with Crippen LogP contribution in [0, 0.1) is 5.82 Å². The fourth-order valence-corrected chi connectivity index (χ4v) is 3.89. The zero-order valence-electron chi connectivity index (χ0n) is 18.9. The molecule has 33 heavy (non-hydrogen) atoms. The molecule has 0 atom stereocenters. The fraction of sp³-hybridized carbons (Fsp3) is 0.320. The third-order valence-corrected chi connectivity index (χ3v) is 5.67. The van der Waals surface area contributed by atoms with Crippen LogP contribution in [0.1, 0.15) is 32.1 Å². The Morgan fingerprint density at radius 3 is 2.48 bits per heavy atom. The SMILES string of the molecule is CN(C)CCN(Cc1ccccc1)C(=O)c1cc2n(n1)CCN(Cc1cccc(F)c1)C2=O. The first-order chi connectivity index (χ1) is 15.9. The van der Waals surface area contributed by atoms with Crippen LogP contribution in [0.25, 0.3) is 0 Å². The van der Waals surface area contributed by atoms with Gasteiger partial charge in [-0.25, -0.2) is 4.39 Å². The number of hydrogen-bond donors (Lipinski definition) is 0. The van der Waals surface area contributed by atoms with Crippen molar-refractivity contribution in [2.24, 2.45) is 0 Å². The van der Waals surface area contributed by atoms with Crippen molar-refractivity contribution in [3.63, 3.8) is 0 Å². The van der Waals surface area contributed by atoms with Crippen molar-refractivity contribution in [3.05, 3.63) is 89.0 Å². The Labute approximate surface area is 193 Å². The lowest BCUT2D eigenvalue weighted by Gasteiger charge is -2.27. The van der Waals surface area contributed by atoms with Gasteiger partial charge in [-0.05, 0) is 37.4 Å². The molecule has 7 nitrogen and oxygen atoms in total. The van der Waals surface area contributed by atoms with Crippen LogP contribution in [0.15, 0.2) is 60.7 Å². The molecular formula is C25H28FN5O2. The monoisotopic (exact) mass is 449 g/mol. The Morgan fingerprint density at radius 1 is 1.00 bits per heavy atom. The largest absolute Gasteiger partial charge is 0.332 e. The first kappa shape index (κ1) is 22.7. The molecule has 8 heteroatoms. The first-order valence-electron chi connectivity index (χ1n) is 11.0. The van der Waals surface area contributed by atoms with Crippen molar-refractivity contribution in [3.8, 4) is 0 Å². The highest BCUT2D eigenvalue weighted by Gasteiger charge is 2.29. The highest BCUT2D eigenvalue weighted by atomic mass is 19.1. The molecule has 0 unspecified atom stereocenters. The zero-order valence-corrected chi connectivity index (χ0v) is 18.9. The Balaban J connectivity index is 1.52. The second-order valence-corrected chi connectivity index (χ2v) is 8.51. The van der Waals surface area contributed by atoms with Gasteiger partial charge in [-0.1, -0.05) is 42.5 Å². The topological polar surface area (TPSA) is 61.7 Å². The number of aromatic nitrogens is 2. The number of likely N-dealkylation sites (N-methyl/N-ethyl adjacent to an activating group) is 1. The van der Waals surface area contributed by atoms with Crippen LogP contribution in [0.2, 0.25) is 0 Å². The van der Waals surface area contributed by atoms with E-state index in [1.165, 1.54) is 12.1 Å². The number of hydrogen-bond acceptors (Lipinski definition) is 4. The molecule has 172 valence electrons. The minimum atomic E-state index is -0.328. The van der Waals surface area contributed by atoms with Gasteiger partial charge < -0.3 is 14.7 Å². The van der Waals surface area contributed by atoms with Crippen molar-refractivity contribution >= 4 is 11.8 Å². The van der Waals surface area contributed by atoms with E-state index in [0.29, 0.717) is 45.0 Å². The van der Waals surface area contributed by atoms with Gasteiger partial charge in [-0.15, -0.1) is 0 Å². The first-order valence-corrected chi connectivity index (χ1v) is 11.0. The van der Waals surface area contributed by atoms with Crippen LogP contribution in [0.3, 0.4) is 0 Å². The second kappa shape index (κ2) is 9.95. The molecule has 4 rings (SSSR count). The maximum atomic E-state index is 13.5. The molecule has 0 bridgehead atoms. The fourth-order valence-electron chi connectivity index (χ4n) is 3.89. The van der Waals surface area contributed by atoms with E-state index in [1.54, 1.807) is 32.7 Å². The van der Waals surface area contributed by atoms with Crippen LogP contribution in [0.5, 0.6) is 0 Å². The van der Waals surface area contributed by atoms with Gasteiger partial charge >= 0.3 is 0 Å². The Kier molecular flexibility index (Phi) is 6.84. The standard InChI is InChI=1S/C25H28FN5O2/c1-28(2)11-12-29(17-19-7-4-3-5-8-19)24(32)22-16-23-25(33)30(13-14-31(23)27-22)18-20-9-6-10-21(26)15-20/h3-10,15-16H,11-14,17-18H2,1-2H3. The molecular weight excluding hydrogens is 421 g/mol. The predicted octanol–water partition coefficient (Wildman–Crippen LogP) is 2.88. The second-order valence-electron chi connectivity index (χ2n) is 8.51. The summed E-state index contributed by atoms with van der Waals surface area (Å²) in [5.74, 6) is -0.738. The maximum Gasteiger partial charge on any atom is 0.274 e. The summed E-state index contributed by atoms with van der Waals surface area (Å²) in [6, 6.07) is 17.6. The number of rotatable bonds is 8. The summed E-state index contributed by atoms with van der Waals surface area (Å²) < 4.78 is 15.1. The summed E-state index contributed by atoms with van der Waals surface area (Å²) >= 11 is 0. The zero-order chi connectivity index (χ0) is 23.4. The van der Waals surface area contributed by atoms with Crippen molar-refractivity contribution in [2.45, 2.75) is 19.6 Å². The molecule has 0 saturated carbocycles. The van der Waals surface area contributed by atoms with Gasteiger partial charge in [0.05, 0.1) is 6.54 Å². The van der Waals surface area contributed by atoms with E-state index in [4.69, 9.17) is 0 Å². The summed E-state index contributed by atoms with van der Waals surface area (Å²) in [7, 11) is 3.93. The van der Waals surface area contributed by atoms with Gasteiger partial charge in [0, 0.05) is 38.8 Å². The van der Waals surface area contributed by atoms with Gasteiger partial charge in [0.15, 0.2) is 5.69 Å². The molecule has 0 spiro atoms. The Bertz CT molecular complexity index is 1130. The number of carbonyl (C=O) groups excluding carboxylic acids is 2. The van der Waals surface area contributed by atoms with Crippen molar-refractivity contribution in [1.29, 1.82) is 0 Å². The number of halogens is 1. The number of carbonyl (C=O) groups is 2. The molecule has 0 aliphatic carbocycles. The highest BCUT2D eigenvalue weighted by molar-refractivity contribution is 5.98. The Morgan fingerprint density at radius 2 is 1.76 bits per heavy atom. The van der Waals surface area contributed by atoms with Crippen molar-refractivity contribution < 1.29 is 14.0 Å². The number of benzene rings is 2. The van der Waals surface area contributed by atoms with E-state index in [0.717, 1.165) is 11.1 Å². The summed E-state index contributed by atoms with van der Waals surface area (Å²) in [5.41, 5.74) is 2.41. The van der Waals surface area contributed by atoms with Gasteiger partial charge in [0.2, 0.25) is 0 Å². The summed E-state index contributed by atoms with van der Waals surface area (Å²) in [5, 5.41) is 4.45. The molecule has 0 fully saturated rings. The van der Waals surface area contributed by atoms with Crippen molar-refractivity contribution in [1.82, 2.24) is 24.5 Å². The number of nitrogens with zero attached hydrogens (tertiary/aromatic N) is 5. The highest BCUT2D eigenvalue weighted by Crippen LogP contribution is 2.19. The van der Waals surface area contributed by atoms with E-state index in [9.17, 15) is 14.0 Å². The van der Waals surface area contributed by atoms with Crippen LogP contribution < -0.4 is 0 Å². The third-order valence-electron chi connectivity index (χ3n) is 5.67. The van der Waals surface area contributed by atoms with Crippen LogP contribution >= 0.6 is 0 Å². The lowest BCUT2D eigenvalue weighted by atomic mass is 10.1. The average molecular weight is 450 g/mol. The number of fused-ring (bicyclic) bond motifs is 1. The molecule has 0 N–H and O–H groups in total. The van der Waals surface area contributed by atoms with Crippen LogP contribution in [-0.2, 0) is 19.6 Å². The summed E-state index contributed by atoms with van der Waals surface area (Å²) in [6.45, 7) is 2.98. The van der Waals surface area contributed by atoms with Gasteiger partial charge in [-0.3, -0.25) is 14.3 Å². The van der Waals surface area contributed by atoms with E-state index in [2.05, 4.69) is 5.10 Å². The minimum Gasteiger partial charge on any atom is -0.332 e.